The van der Waals surface area contributed by atoms with Crippen molar-refractivity contribution in [3.05, 3.63) is 113 Å². The molecule has 0 aliphatic carbocycles. The van der Waals surface area contributed by atoms with Crippen LogP contribution < -0.4 is 9.62 Å². The Bertz CT molecular complexity index is 1610. The number of sulfonamides is 1. The summed E-state index contributed by atoms with van der Waals surface area (Å²) in [5.41, 5.74) is 2.00. The predicted octanol–water partition coefficient (Wildman–Crippen LogP) is 5.43. The molecule has 214 valence electrons. The highest BCUT2D eigenvalue weighted by atomic mass is 35.5. The molecule has 41 heavy (non-hydrogen) atoms. The summed E-state index contributed by atoms with van der Waals surface area (Å²) < 4.78 is 27.4. The van der Waals surface area contributed by atoms with Crippen LogP contribution in [-0.4, -0.2) is 50.5 Å². The highest BCUT2D eigenvalue weighted by Crippen LogP contribution is 2.29. The Morgan fingerprint density at radius 2 is 1.54 bits per heavy atom. The SMILES string of the molecule is CCCNC(=O)C(Cc1ccccc1)N(Cc1cccc(Cl)c1)C(=O)CN(c1cccc2ccccc12)S(C)(=O)=O. The van der Waals surface area contributed by atoms with E-state index in [0.29, 0.717) is 22.6 Å². The van der Waals surface area contributed by atoms with E-state index in [0.717, 1.165) is 33.5 Å². The molecule has 9 heteroatoms. The van der Waals surface area contributed by atoms with E-state index in [1.54, 1.807) is 30.3 Å². The molecule has 4 aromatic rings. The lowest BCUT2D eigenvalue weighted by Gasteiger charge is -2.33. The molecule has 1 unspecified atom stereocenters. The van der Waals surface area contributed by atoms with Crippen LogP contribution in [0, 0.1) is 0 Å². The molecule has 0 heterocycles. The van der Waals surface area contributed by atoms with Crippen molar-refractivity contribution < 1.29 is 18.0 Å². The summed E-state index contributed by atoms with van der Waals surface area (Å²) >= 11 is 6.26. The first-order chi connectivity index (χ1) is 19.7. The van der Waals surface area contributed by atoms with Crippen molar-refractivity contribution in [2.75, 3.05) is 23.7 Å². The largest absolute Gasteiger partial charge is 0.354 e. The second-order valence-corrected chi connectivity index (χ2v) is 12.3. The molecular formula is C32H34ClN3O4S. The minimum Gasteiger partial charge on any atom is -0.354 e. The summed E-state index contributed by atoms with van der Waals surface area (Å²) in [4.78, 5) is 29.3. The van der Waals surface area contributed by atoms with Gasteiger partial charge in [0, 0.05) is 29.9 Å². The molecule has 1 atom stereocenters. The third-order valence-electron chi connectivity index (χ3n) is 6.78. The molecule has 0 aliphatic rings. The Balaban J connectivity index is 1.77. The van der Waals surface area contributed by atoms with Gasteiger partial charge in [0.15, 0.2) is 0 Å². The first-order valence-corrected chi connectivity index (χ1v) is 15.7. The zero-order valence-electron chi connectivity index (χ0n) is 23.2. The van der Waals surface area contributed by atoms with E-state index in [-0.39, 0.29) is 18.9 Å². The van der Waals surface area contributed by atoms with Crippen molar-refractivity contribution in [1.29, 1.82) is 0 Å². The standard InChI is InChI=1S/C32H34ClN3O4S/c1-3-19-34-32(38)30(21-24-11-5-4-6-12-24)35(22-25-13-9-16-27(33)20-25)31(37)23-36(41(2,39)40)29-18-10-15-26-14-7-8-17-28(26)29/h4-18,20,30H,3,19,21-23H2,1-2H3,(H,34,38). The molecule has 4 aromatic carbocycles. The summed E-state index contributed by atoms with van der Waals surface area (Å²) in [5, 5.41) is 4.99. The lowest BCUT2D eigenvalue weighted by atomic mass is 10.0. The fourth-order valence-electron chi connectivity index (χ4n) is 4.77. The van der Waals surface area contributed by atoms with Crippen LogP contribution in [0.5, 0.6) is 0 Å². The first kappa shape index (κ1) is 30.1. The Morgan fingerprint density at radius 1 is 0.878 bits per heavy atom. The number of nitrogens with zero attached hydrogens (tertiary/aromatic N) is 2. The molecule has 0 radical (unpaired) electrons. The molecular weight excluding hydrogens is 558 g/mol. The van der Waals surface area contributed by atoms with Gasteiger partial charge < -0.3 is 10.2 Å². The highest BCUT2D eigenvalue weighted by molar-refractivity contribution is 7.92. The number of nitrogens with one attached hydrogen (secondary N) is 1. The third-order valence-corrected chi connectivity index (χ3v) is 8.14. The number of hydrogen-bond acceptors (Lipinski definition) is 4. The molecule has 0 saturated heterocycles. The molecule has 0 spiro atoms. The Labute approximate surface area is 246 Å². The van der Waals surface area contributed by atoms with Crippen molar-refractivity contribution >= 4 is 49.9 Å². The number of hydrogen-bond donors (Lipinski definition) is 1. The molecule has 4 rings (SSSR count). The zero-order valence-corrected chi connectivity index (χ0v) is 24.7. The van der Waals surface area contributed by atoms with E-state index >= 15 is 0 Å². The van der Waals surface area contributed by atoms with Gasteiger partial charge >= 0.3 is 0 Å². The van der Waals surface area contributed by atoms with Crippen molar-refractivity contribution in [2.45, 2.75) is 32.4 Å². The quantitative estimate of drug-likeness (QED) is 0.238. The fourth-order valence-corrected chi connectivity index (χ4v) is 5.85. The Morgan fingerprint density at radius 3 is 2.24 bits per heavy atom. The van der Waals surface area contributed by atoms with E-state index in [4.69, 9.17) is 11.6 Å². The number of amides is 2. The van der Waals surface area contributed by atoms with Gasteiger partial charge in [0.25, 0.3) is 0 Å². The smallest absolute Gasteiger partial charge is 0.244 e. The number of fused-ring (bicyclic) bond motifs is 1. The van der Waals surface area contributed by atoms with Gasteiger partial charge in [0.1, 0.15) is 12.6 Å². The number of halogens is 1. The molecule has 0 bridgehead atoms. The van der Waals surface area contributed by atoms with E-state index < -0.39 is 28.5 Å². The molecule has 1 N–H and O–H groups in total. The van der Waals surface area contributed by atoms with Gasteiger partial charge in [0.05, 0.1) is 11.9 Å². The van der Waals surface area contributed by atoms with E-state index in [1.807, 2.05) is 73.7 Å². The number of carbonyl (C=O) groups excluding carboxylic acids is 2. The van der Waals surface area contributed by atoms with Crippen LogP contribution in [0.4, 0.5) is 5.69 Å². The van der Waals surface area contributed by atoms with Crippen LogP contribution in [0.25, 0.3) is 10.8 Å². The van der Waals surface area contributed by atoms with Crippen LogP contribution in [0.2, 0.25) is 5.02 Å². The minimum atomic E-state index is -3.87. The van der Waals surface area contributed by atoms with Gasteiger partial charge in [-0.3, -0.25) is 13.9 Å². The second-order valence-electron chi connectivity index (χ2n) is 9.92. The normalized spacial score (nSPS) is 12.1. The fraction of sp³-hybridized carbons (Fsp3) is 0.250. The summed E-state index contributed by atoms with van der Waals surface area (Å²) in [7, 11) is -3.87. The van der Waals surface area contributed by atoms with Crippen LogP contribution in [-0.2, 0) is 32.6 Å². The average Bonchev–Trinajstić information content (AvgIpc) is 2.96. The van der Waals surface area contributed by atoms with Gasteiger partial charge in [-0.15, -0.1) is 0 Å². The van der Waals surface area contributed by atoms with Crippen LogP contribution in [0.3, 0.4) is 0 Å². The molecule has 0 aliphatic heterocycles. The minimum absolute atomic E-state index is 0.0730. The molecule has 0 saturated carbocycles. The van der Waals surface area contributed by atoms with Crippen LogP contribution in [0.15, 0.2) is 97.1 Å². The highest BCUT2D eigenvalue weighted by Gasteiger charge is 2.33. The van der Waals surface area contributed by atoms with Crippen molar-refractivity contribution in [3.8, 4) is 0 Å². The van der Waals surface area contributed by atoms with Crippen LogP contribution >= 0.6 is 11.6 Å². The molecule has 7 nitrogen and oxygen atoms in total. The van der Waals surface area contributed by atoms with E-state index in [2.05, 4.69) is 5.32 Å². The lowest BCUT2D eigenvalue weighted by molar-refractivity contribution is -0.140. The van der Waals surface area contributed by atoms with Gasteiger partial charge in [-0.2, -0.15) is 0 Å². The van der Waals surface area contributed by atoms with E-state index in [1.165, 1.54) is 4.90 Å². The van der Waals surface area contributed by atoms with Crippen molar-refractivity contribution in [1.82, 2.24) is 10.2 Å². The summed E-state index contributed by atoms with van der Waals surface area (Å²) in [6, 6.07) is 28.4. The second kappa shape index (κ2) is 13.7. The van der Waals surface area contributed by atoms with E-state index in [9.17, 15) is 18.0 Å². The van der Waals surface area contributed by atoms with Gasteiger partial charge in [-0.05, 0) is 41.1 Å². The third kappa shape index (κ3) is 7.86. The number of benzene rings is 4. The maximum atomic E-state index is 14.2. The molecule has 0 fully saturated rings. The van der Waals surface area contributed by atoms with Crippen molar-refractivity contribution in [3.63, 3.8) is 0 Å². The lowest BCUT2D eigenvalue weighted by Crippen LogP contribution is -2.53. The van der Waals surface area contributed by atoms with Gasteiger partial charge in [-0.1, -0.05) is 97.4 Å². The van der Waals surface area contributed by atoms with Gasteiger partial charge in [-0.25, -0.2) is 8.42 Å². The van der Waals surface area contributed by atoms with Crippen LogP contribution in [0.1, 0.15) is 24.5 Å². The van der Waals surface area contributed by atoms with Crippen molar-refractivity contribution in [2.24, 2.45) is 0 Å². The molecule has 0 aromatic heterocycles. The number of carbonyl (C=O) groups is 2. The summed E-state index contributed by atoms with van der Waals surface area (Å²) in [6.45, 7) is 2.01. The monoisotopic (exact) mass is 591 g/mol. The first-order valence-electron chi connectivity index (χ1n) is 13.5. The summed E-state index contributed by atoms with van der Waals surface area (Å²) in [5.74, 6) is -0.807. The Kier molecular flexibility index (Phi) is 10.0. The maximum Gasteiger partial charge on any atom is 0.244 e. The predicted molar refractivity (Wildman–Crippen MR) is 165 cm³/mol. The number of rotatable bonds is 12. The maximum absolute atomic E-state index is 14.2. The Hall–Kier alpha value is -3.88. The number of anilines is 1. The zero-order chi connectivity index (χ0) is 29.4. The van der Waals surface area contributed by atoms with Gasteiger partial charge in [0.2, 0.25) is 21.8 Å². The summed E-state index contributed by atoms with van der Waals surface area (Å²) in [6.07, 6.45) is 2.07. The molecule has 2 amide bonds. The average molecular weight is 592 g/mol. The topological polar surface area (TPSA) is 86.8 Å².